The maximum absolute atomic E-state index is 13.0. The summed E-state index contributed by atoms with van der Waals surface area (Å²) in [5.74, 6) is 1.57. The van der Waals surface area contributed by atoms with E-state index in [1.54, 1.807) is 0 Å². The van der Waals surface area contributed by atoms with Gasteiger partial charge in [0.15, 0.2) is 0 Å². The van der Waals surface area contributed by atoms with Crippen molar-refractivity contribution in [1.29, 1.82) is 0 Å². The zero-order valence-electron chi connectivity index (χ0n) is 18.0. The van der Waals surface area contributed by atoms with Crippen molar-refractivity contribution in [2.45, 2.75) is 37.7 Å². The Morgan fingerprint density at radius 3 is 2.77 bits per heavy atom. The number of hydrogen-bond donors (Lipinski definition) is 0. The van der Waals surface area contributed by atoms with Crippen LogP contribution in [0, 0.1) is 5.92 Å². The lowest BCUT2D eigenvalue weighted by Crippen LogP contribution is -2.46. The Morgan fingerprint density at radius 2 is 1.97 bits per heavy atom. The number of amides is 1. The van der Waals surface area contributed by atoms with Gasteiger partial charge in [0.25, 0.3) is 0 Å². The van der Waals surface area contributed by atoms with Gasteiger partial charge in [-0.3, -0.25) is 4.79 Å². The molecule has 1 aromatic heterocycles. The van der Waals surface area contributed by atoms with E-state index in [2.05, 4.69) is 21.8 Å². The lowest BCUT2D eigenvalue weighted by Gasteiger charge is -2.36. The number of fused-ring (bicyclic) bond motifs is 2. The molecule has 0 saturated carbocycles. The SMILES string of the molecule is CN1CCN(c2ncc3c(n2)[C@]2(CCN(C(=O)CC4CCOCC4)C2)COC3)CC1. The Balaban J connectivity index is 1.32. The molecule has 0 radical (unpaired) electrons. The molecule has 4 aliphatic rings. The molecule has 8 nitrogen and oxygen atoms in total. The minimum Gasteiger partial charge on any atom is -0.381 e. The second-order valence-electron chi connectivity index (χ2n) is 9.43. The first kappa shape index (κ1) is 20.2. The Morgan fingerprint density at radius 1 is 1.17 bits per heavy atom. The number of rotatable bonds is 3. The fourth-order valence-corrected chi connectivity index (χ4v) is 5.27. The molecular formula is C22H33N5O3. The van der Waals surface area contributed by atoms with E-state index in [4.69, 9.17) is 14.5 Å². The molecule has 5 rings (SSSR count). The standard InChI is InChI=1S/C22H33N5O3/c1-25-6-8-26(9-7-25)21-23-13-18-14-30-16-22(20(18)24-21)4-5-27(15-22)19(28)12-17-2-10-29-11-3-17/h13,17H,2-12,14-16H2,1H3/t22-/m0/s1. The molecule has 1 aromatic rings. The molecule has 3 saturated heterocycles. The van der Waals surface area contributed by atoms with Crippen molar-refractivity contribution in [3.8, 4) is 0 Å². The van der Waals surface area contributed by atoms with Gasteiger partial charge in [0, 0.05) is 70.7 Å². The molecule has 164 valence electrons. The van der Waals surface area contributed by atoms with Gasteiger partial charge in [-0.1, -0.05) is 0 Å². The third-order valence-electron chi connectivity index (χ3n) is 7.29. The Kier molecular flexibility index (Phi) is 5.64. The minimum atomic E-state index is -0.191. The smallest absolute Gasteiger partial charge is 0.225 e. The summed E-state index contributed by atoms with van der Waals surface area (Å²) in [6, 6.07) is 0. The van der Waals surface area contributed by atoms with Crippen LogP contribution < -0.4 is 4.90 Å². The highest BCUT2D eigenvalue weighted by Crippen LogP contribution is 2.40. The number of aromatic nitrogens is 2. The quantitative estimate of drug-likeness (QED) is 0.731. The number of piperazine rings is 1. The molecule has 0 N–H and O–H groups in total. The van der Waals surface area contributed by atoms with Crippen LogP contribution in [0.1, 0.15) is 36.9 Å². The van der Waals surface area contributed by atoms with E-state index in [1.807, 2.05) is 11.1 Å². The summed E-state index contributed by atoms with van der Waals surface area (Å²) in [6.07, 6.45) is 5.50. The van der Waals surface area contributed by atoms with Gasteiger partial charge in [0.1, 0.15) is 0 Å². The van der Waals surface area contributed by atoms with Gasteiger partial charge in [-0.25, -0.2) is 9.97 Å². The maximum Gasteiger partial charge on any atom is 0.225 e. The number of hydrogen-bond acceptors (Lipinski definition) is 7. The lowest BCUT2D eigenvalue weighted by atomic mass is 9.80. The van der Waals surface area contributed by atoms with Crippen molar-refractivity contribution in [1.82, 2.24) is 19.8 Å². The molecule has 1 spiro atoms. The summed E-state index contributed by atoms with van der Waals surface area (Å²) >= 11 is 0. The predicted octanol–water partition coefficient (Wildman–Crippen LogP) is 1.05. The van der Waals surface area contributed by atoms with Crippen LogP contribution in [0.25, 0.3) is 0 Å². The Hall–Kier alpha value is -1.77. The van der Waals surface area contributed by atoms with Crippen LogP contribution in [0.4, 0.5) is 5.95 Å². The molecule has 8 heteroatoms. The van der Waals surface area contributed by atoms with Crippen LogP contribution in [0.15, 0.2) is 6.20 Å². The number of ether oxygens (including phenoxy) is 2. The molecule has 5 heterocycles. The molecule has 0 unspecified atom stereocenters. The number of likely N-dealkylation sites (tertiary alicyclic amines) is 1. The van der Waals surface area contributed by atoms with Crippen LogP contribution in [-0.4, -0.2) is 91.8 Å². The highest BCUT2D eigenvalue weighted by molar-refractivity contribution is 5.77. The summed E-state index contributed by atoms with van der Waals surface area (Å²) < 4.78 is 11.4. The second-order valence-corrected chi connectivity index (χ2v) is 9.43. The normalized spacial score (nSPS) is 28.2. The van der Waals surface area contributed by atoms with Crippen LogP contribution in [0.2, 0.25) is 0 Å². The Bertz CT molecular complexity index is 776. The summed E-state index contributed by atoms with van der Waals surface area (Å²) in [5, 5.41) is 0. The molecule has 0 bridgehead atoms. The van der Waals surface area contributed by atoms with E-state index < -0.39 is 0 Å². The van der Waals surface area contributed by atoms with Crippen molar-refractivity contribution in [2.75, 3.05) is 71.0 Å². The fourth-order valence-electron chi connectivity index (χ4n) is 5.27. The first-order valence-electron chi connectivity index (χ1n) is 11.4. The highest BCUT2D eigenvalue weighted by Gasteiger charge is 2.46. The molecule has 1 atom stereocenters. The van der Waals surface area contributed by atoms with Gasteiger partial charge in [-0.2, -0.15) is 0 Å². The number of carbonyl (C=O) groups is 1. The topological polar surface area (TPSA) is 71.0 Å². The van der Waals surface area contributed by atoms with Crippen molar-refractivity contribution >= 4 is 11.9 Å². The van der Waals surface area contributed by atoms with Crippen LogP contribution in [-0.2, 0) is 26.3 Å². The molecule has 1 amide bonds. The molecule has 0 aliphatic carbocycles. The van der Waals surface area contributed by atoms with Gasteiger partial charge in [0.05, 0.1) is 24.3 Å². The van der Waals surface area contributed by atoms with Gasteiger partial charge >= 0.3 is 0 Å². The van der Waals surface area contributed by atoms with Crippen LogP contribution in [0.5, 0.6) is 0 Å². The van der Waals surface area contributed by atoms with E-state index in [0.717, 1.165) is 82.4 Å². The molecule has 30 heavy (non-hydrogen) atoms. The lowest BCUT2D eigenvalue weighted by molar-refractivity contribution is -0.132. The van der Waals surface area contributed by atoms with E-state index in [0.29, 0.717) is 32.1 Å². The zero-order valence-corrected chi connectivity index (χ0v) is 18.0. The maximum atomic E-state index is 13.0. The van der Waals surface area contributed by atoms with E-state index in [9.17, 15) is 4.79 Å². The molecule has 3 fully saturated rings. The van der Waals surface area contributed by atoms with E-state index in [1.165, 1.54) is 0 Å². The highest BCUT2D eigenvalue weighted by atomic mass is 16.5. The third-order valence-corrected chi connectivity index (χ3v) is 7.29. The predicted molar refractivity (Wildman–Crippen MR) is 112 cm³/mol. The van der Waals surface area contributed by atoms with Gasteiger partial charge in [0.2, 0.25) is 11.9 Å². The van der Waals surface area contributed by atoms with Crippen molar-refractivity contribution in [3.05, 3.63) is 17.5 Å². The van der Waals surface area contributed by atoms with Crippen molar-refractivity contribution < 1.29 is 14.3 Å². The number of nitrogens with zero attached hydrogens (tertiary/aromatic N) is 5. The van der Waals surface area contributed by atoms with Crippen LogP contribution >= 0.6 is 0 Å². The van der Waals surface area contributed by atoms with Crippen molar-refractivity contribution in [3.63, 3.8) is 0 Å². The first-order chi connectivity index (χ1) is 14.6. The van der Waals surface area contributed by atoms with E-state index >= 15 is 0 Å². The molecular weight excluding hydrogens is 382 g/mol. The third kappa shape index (κ3) is 3.92. The Labute approximate surface area is 178 Å². The monoisotopic (exact) mass is 415 g/mol. The minimum absolute atomic E-state index is 0.191. The number of carbonyl (C=O) groups excluding carboxylic acids is 1. The average molecular weight is 416 g/mol. The largest absolute Gasteiger partial charge is 0.381 e. The molecule has 4 aliphatic heterocycles. The zero-order chi connectivity index (χ0) is 20.6. The van der Waals surface area contributed by atoms with Gasteiger partial charge in [-0.05, 0) is 32.2 Å². The summed E-state index contributed by atoms with van der Waals surface area (Å²) in [7, 11) is 2.15. The summed E-state index contributed by atoms with van der Waals surface area (Å²) in [4.78, 5) is 29.4. The second kappa shape index (κ2) is 8.40. The summed E-state index contributed by atoms with van der Waals surface area (Å²) in [6.45, 7) is 8.25. The number of anilines is 1. The van der Waals surface area contributed by atoms with Crippen molar-refractivity contribution in [2.24, 2.45) is 5.92 Å². The first-order valence-corrected chi connectivity index (χ1v) is 11.4. The van der Waals surface area contributed by atoms with E-state index in [-0.39, 0.29) is 11.3 Å². The van der Waals surface area contributed by atoms with Gasteiger partial charge in [-0.15, -0.1) is 0 Å². The fraction of sp³-hybridized carbons (Fsp3) is 0.773. The summed E-state index contributed by atoms with van der Waals surface area (Å²) in [5.41, 5.74) is 2.00. The molecule has 0 aromatic carbocycles. The number of likely N-dealkylation sites (N-methyl/N-ethyl adjacent to an activating group) is 1. The van der Waals surface area contributed by atoms with Gasteiger partial charge < -0.3 is 24.2 Å². The van der Waals surface area contributed by atoms with Crippen LogP contribution in [0.3, 0.4) is 0 Å². The average Bonchev–Trinajstić information content (AvgIpc) is 3.20.